The Morgan fingerprint density at radius 1 is 0.967 bits per heavy atom. The number of pyridine rings is 1. The summed E-state index contributed by atoms with van der Waals surface area (Å²) in [5.74, 6) is 3.51. The average Bonchev–Trinajstić information content (AvgIpc) is 3.07. The topological polar surface area (TPSA) is 95.7 Å². The van der Waals surface area contributed by atoms with E-state index < -0.39 is 0 Å². The van der Waals surface area contributed by atoms with Gasteiger partial charge in [0.1, 0.15) is 11.3 Å². The molecule has 3 aromatic heterocycles. The van der Waals surface area contributed by atoms with E-state index >= 15 is 0 Å². The van der Waals surface area contributed by atoms with E-state index in [1.807, 2.05) is 38.1 Å². The first-order valence-corrected chi connectivity index (χ1v) is 9.27. The predicted molar refractivity (Wildman–Crippen MR) is 113 cm³/mol. The quantitative estimate of drug-likeness (QED) is 0.519. The van der Waals surface area contributed by atoms with Crippen LogP contribution < -0.4 is 19.5 Å². The number of nitrogens with one attached hydrogen (secondary N) is 1. The molecule has 1 N–H and O–H groups in total. The first-order valence-electron chi connectivity index (χ1n) is 9.27. The lowest BCUT2D eigenvalue weighted by molar-refractivity contribution is 0.324. The molecule has 154 valence electrons. The van der Waals surface area contributed by atoms with Crippen molar-refractivity contribution in [1.29, 1.82) is 0 Å². The van der Waals surface area contributed by atoms with E-state index in [9.17, 15) is 0 Å². The summed E-state index contributed by atoms with van der Waals surface area (Å²) < 4.78 is 18.1. The summed E-state index contributed by atoms with van der Waals surface area (Å²) in [6.07, 6.45) is 3.44. The van der Waals surface area contributed by atoms with Gasteiger partial charge in [0.2, 0.25) is 5.75 Å². The Balaban J connectivity index is 1.88. The third-order valence-corrected chi connectivity index (χ3v) is 4.67. The Labute approximate surface area is 173 Å². The molecule has 0 unspecified atom stereocenters. The van der Waals surface area contributed by atoms with Gasteiger partial charge in [0.25, 0.3) is 0 Å². The number of hydrogen-bond acceptors (Lipinski definition) is 8. The van der Waals surface area contributed by atoms with E-state index in [1.54, 1.807) is 38.2 Å². The molecular formula is C21H22N6O3. The standard InChI is InChI=1S/C21H22N6O3/c1-12-18-21(24-15-9-16(28-3)19(30-5)17(10-15)29-4)25-20(14-7-6-8-22-11-14)26-27(18)13(2)23-12/h6-11H,1-5H3,(H,24,25,26). The number of methoxy groups -OCH3 is 3. The number of benzene rings is 1. The number of hydrogen-bond donors (Lipinski definition) is 1. The normalized spacial score (nSPS) is 10.8. The van der Waals surface area contributed by atoms with Crippen LogP contribution in [-0.4, -0.2) is 45.9 Å². The largest absolute Gasteiger partial charge is 0.493 e. The molecule has 9 nitrogen and oxygen atoms in total. The number of rotatable bonds is 6. The van der Waals surface area contributed by atoms with Crippen LogP contribution in [0.3, 0.4) is 0 Å². The maximum absolute atomic E-state index is 5.46. The summed E-state index contributed by atoms with van der Waals surface area (Å²) in [4.78, 5) is 13.5. The van der Waals surface area contributed by atoms with Crippen molar-refractivity contribution in [2.24, 2.45) is 0 Å². The fourth-order valence-corrected chi connectivity index (χ4v) is 3.32. The first kappa shape index (κ1) is 19.4. The lowest BCUT2D eigenvalue weighted by atomic mass is 10.2. The van der Waals surface area contributed by atoms with Gasteiger partial charge in [-0.15, -0.1) is 5.10 Å². The molecule has 0 saturated heterocycles. The van der Waals surface area contributed by atoms with E-state index in [0.29, 0.717) is 28.9 Å². The Morgan fingerprint density at radius 3 is 2.30 bits per heavy atom. The van der Waals surface area contributed by atoms with Crippen molar-refractivity contribution < 1.29 is 14.2 Å². The maximum atomic E-state index is 5.46. The van der Waals surface area contributed by atoms with Gasteiger partial charge in [-0.3, -0.25) is 4.98 Å². The number of aryl methyl sites for hydroxylation is 2. The molecule has 0 aliphatic heterocycles. The molecule has 1 aromatic carbocycles. The number of nitrogens with zero attached hydrogens (tertiary/aromatic N) is 5. The molecular weight excluding hydrogens is 384 g/mol. The van der Waals surface area contributed by atoms with Crippen LogP contribution in [0.4, 0.5) is 11.5 Å². The number of aromatic nitrogens is 5. The Morgan fingerprint density at radius 2 is 1.70 bits per heavy atom. The summed E-state index contributed by atoms with van der Waals surface area (Å²) >= 11 is 0. The Hall–Kier alpha value is -3.88. The zero-order valence-corrected chi connectivity index (χ0v) is 17.4. The minimum atomic E-state index is 0.519. The van der Waals surface area contributed by atoms with E-state index in [1.165, 1.54) is 0 Å². The predicted octanol–water partition coefficient (Wildman–Crippen LogP) is 3.57. The van der Waals surface area contributed by atoms with Crippen LogP contribution in [0.15, 0.2) is 36.7 Å². The molecule has 0 radical (unpaired) electrons. The van der Waals surface area contributed by atoms with Crippen LogP contribution in [0.2, 0.25) is 0 Å². The smallest absolute Gasteiger partial charge is 0.203 e. The van der Waals surface area contributed by atoms with Crippen LogP contribution in [0.25, 0.3) is 16.9 Å². The highest BCUT2D eigenvalue weighted by molar-refractivity contribution is 5.78. The van der Waals surface area contributed by atoms with Gasteiger partial charge >= 0.3 is 0 Å². The number of anilines is 2. The number of ether oxygens (including phenoxy) is 3. The lowest BCUT2D eigenvalue weighted by Gasteiger charge is -2.15. The number of fused-ring (bicyclic) bond motifs is 1. The SMILES string of the molecule is COc1cc(Nc2nc(-c3cccnc3)nn3c(C)nc(C)c23)cc(OC)c1OC. The monoisotopic (exact) mass is 406 g/mol. The molecule has 0 atom stereocenters. The summed E-state index contributed by atoms with van der Waals surface area (Å²) in [5.41, 5.74) is 3.13. The van der Waals surface area contributed by atoms with Crippen molar-refractivity contribution in [1.82, 2.24) is 24.6 Å². The van der Waals surface area contributed by atoms with E-state index in [4.69, 9.17) is 19.2 Å². The van der Waals surface area contributed by atoms with Crippen molar-refractivity contribution >= 4 is 17.0 Å². The van der Waals surface area contributed by atoms with Crippen molar-refractivity contribution in [3.8, 4) is 28.6 Å². The van der Waals surface area contributed by atoms with Crippen LogP contribution in [0.5, 0.6) is 17.2 Å². The lowest BCUT2D eigenvalue weighted by Crippen LogP contribution is -2.06. The van der Waals surface area contributed by atoms with E-state index in [0.717, 1.165) is 28.3 Å². The van der Waals surface area contributed by atoms with Gasteiger partial charge < -0.3 is 19.5 Å². The molecule has 0 bridgehead atoms. The molecule has 0 amide bonds. The first-order chi connectivity index (χ1) is 14.5. The van der Waals surface area contributed by atoms with Gasteiger partial charge in [-0.25, -0.2) is 14.5 Å². The minimum Gasteiger partial charge on any atom is -0.493 e. The molecule has 0 fully saturated rings. The maximum Gasteiger partial charge on any atom is 0.203 e. The molecule has 4 rings (SSSR count). The molecule has 0 aliphatic carbocycles. The second-order valence-corrected chi connectivity index (χ2v) is 6.57. The molecule has 3 heterocycles. The van der Waals surface area contributed by atoms with Gasteiger partial charge in [-0.05, 0) is 26.0 Å². The van der Waals surface area contributed by atoms with Crippen LogP contribution in [0, 0.1) is 13.8 Å². The van der Waals surface area contributed by atoms with Crippen molar-refractivity contribution in [3.05, 3.63) is 48.2 Å². The highest BCUT2D eigenvalue weighted by atomic mass is 16.5. The Kier molecular flexibility index (Phi) is 5.09. The van der Waals surface area contributed by atoms with E-state index in [2.05, 4.69) is 20.4 Å². The van der Waals surface area contributed by atoms with Crippen molar-refractivity contribution in [3.63, 3.8) is 0 Å². The molecule has 4 aromatic rings. The Bertz CT molecular complexity index is 1180. The summed E-state index contributed by atoms with van der Waals surface area (Å²) in [6.45, 7) is 3.83. The summed E-state index contributed by atoms with van der Waals surface area (Å²) in [6, 6.07) is 7.41. The van der Waals surface area contributed by atoms with Crippen LogP contribution in [-0.2, 0) is 0 Å². The van der Waals surface area contributed by atoms with Gasteiger partial charge in [-0.2, -0.15) is 0 Å². The third-order valence-electron chi connectivity index (χ3n) is 4.67. The second kappa shape index (κ2) is 7.86. The number of imidazole rings is 1. The van der Waals surface area contributed by atoms with Crippen molar-refractivity contribution in [2.45, 2.75) is 13.8 Å². The highest BCUT2D eigenvalue weighted by Crippen LogP contribution is 2.41. The van der Waals surface area contributed by atoms with Gasteiger partial charge in [-0.1, -0.05) is 0 Å². The summed E-state index contributed by atoms with van der Waals surface area (Å²) in [7, 11) is 4.73. The third kappa shape index (κ3) is 3.34. The minimum absolute atomic E-state index is 0.519. The second-order valence-electron chi connectivity index (χ2n) is 6.57. The van der Waals surface area contributed by atoms with Gasteiger partial charge in [0, 0.05) is 35.8 Å². The van der Waals surface area contributed by atoms with Crippen LogP contribution in [0.1, 0.15) is 11.5 Å². The average molecular weight is 406 g/mol. The molecule has 30 heavy (non-hydrogen) atoms. The highest BCUT2D eigenvalue weighted by Gasteiger charge is 2.18. The fourth-order valence-electron chi connectivity index (χ4n) is 3.32. The molecule has 0 aliphatic rings. The van der Waals surface area contributed by atoms with Gasteiger partial charge in [0.15, 0.2) is 23.1 Å². The fraction of sp³-hybridized carbons (Fsp3) is 0.238. The zero-order valence-electron chi connectivity index (χ0n) is 17.4. The van der Waals surface area contributed by atoms with E-state index in [-0.39, 0.29) is 0 Å². The van der Waals surface area contributed by atoms with Gasteiger partial charge in [0.05, 0.1) is 27.0 Å². The molecule has 9 heteroatoms. The van der Waals surface area contributed by atoms with Crippen molar-refractivity contribution in [2.75, 3.05) is 26.6 Å². The zero-order chi connectivity index (χ0) is 21.3. The summed E-state index contributed by atoms with van der Waals surface area (Å²) in [5, 5.41) is 8.02. The van der Waals surface area contributed by atoms with Crippen LogP contribution >= 0.6 is 0 Å². The molecule has 0 spiro atoms. The molecule has 0 saturated carbocycles.